The first-order valence-electron chi connectivity index (χ1n) is 17.3. The second-order valence-corrected chi connectivity index (χ2v) is 22.0. The molecule has 1 aromatic heterocycles. The number of tetrazole rings is 1. The van der Waals surface area contributed by atoms with Crippen molar-refractivity contribution in [2.75, 3.05) is 33.4 Å². The Labute approximate surface area is 299 Å². The lowest BCUT2D eigenvalue weighted by Gasteiger charge is -2.39. The molecule has 2 heterocycles. The highest BCUT2D eigenvalue weighted by atomic mass is 32.2. The summed E-state index contributed by atoms with van der Waals surface area (Å²) in [6.45, 7) is 16.2. The number of nitrogens with zero attached hydrogens (tertiary/aromatic N) is 4. The highest BCUT2D eigenvalue weighted by molar-refractivity contribution is 7.91. The summed E-state index contributed by atoms with van der Waals surface area (Å²) in [6.07, 6.45) is 2.47. The number of benzene rings is 2. The van der Waals surface area contributed by atoms with E-state index in [9.17, 15) is 8.42 Å². The van der Waals surface area contributed by atoms with Crippen LogP contribution in [0.3, 0.4) is 0 Å². The first-order valence-corrected chi connectivity index (χ1v) is 21.8. The smallest absolute Gasteiger partial charge is 0.272 e. The van der Waals surface area contributed by atoms with E-state index in [1.807, 2.05) is 37.3 Å². The molecule has 2 aromatic carbocycles. The maximum Gasteiger partial charge on any atom is 0.272 e. The van der Waals surface area contributed by atoms with E-state index >= 15 is 0 Å². The minimum absolute atomic E-state index is 0.0124. The molecule has 3 aromatic rings. The lowest BCUT2D eigenvalue weighted by Crippen LogP contribution is -2.46. The van der Waals surface area contributed by atoms with Crippen molar-refractivity contribution in [3.05, 3.63) is 60.2 Å². The van der Waals surface area contributed by atoms with Gasteiger partial charge in [-0.2, -0.15) is 4.68 Å². The number of hydrogen-bond acceptors (Lipinski definition) is 11. The quantitative estimate of drug-likeness (QED) is 0.0983. The molecule has 4 rings (SSSR count). The van der Waals surface area contributed by atoms with E-state index in [2.05, 4.69) is 56.3 Å². The monoisotopic (exact) mass is 732 g/mol. The summed E-state index contributed by atoms with van der Waals surface area (Å²) in [5.41, 5.74) is 0.278. The average molecular weight is 733 g/mol. The van der Waals surface area contributed by atoms with Gasteiger partial charge in [-0.05, 0) is 104 Å². The Bertz CT molecular complexity index is 1600. The third-order valence-electron chi connectivity index (χ3n) is 10.1. The van der Waals surface area contributed by atoms with Crippen LogP contribution in [0, 0.1) is 0 Å². The molecule has 1 fully saturated rings. The molecular weight excluding hydrogens is 677 g/mol. The fourth-order valence-electron chi connectivity index (χ4n) is 5.61. The normalized spacial score (nSPS) is 20.5. The predicted octanol–water partition coefficient (Wildman–Crippen LogP) is 6.54. The van der Waals surface area contributed by atoms with Crippen LogP contribution in [0.5, 0.6) is 5.75 Å². The zero-order valence-electron chi connectivity index (χ0n) is 31.2. The maximum atomic E-state index is 13.6. The standard InChI is InChI=1S/C36H56N4O8SSi/c1-34(2,3)50(8,9)47-26-36(5)22-20-32(48-36)31(45-25-28-15-17-30(44-7)18-16-28)19-21-35(4,46-27-43-6)23-24-49(41,42)33-37-38-39-40(33)29-13-11-10-12-14-29/h10-18,31-32H,19-27H2,1-9H3/t31-,32-,35+,36-/m1/s1. The SMILES string of the molecule is COCO[C@@](C)(CC[C@@H](OCc1ccc(OC)cc1)[C@H]1CC[C@](C)(CO[Si](C)(C)C(C)(C)C)O1)CCS(=O)(=O)c1nnnn1-c1ccccc1. The molecule has 1 aliphatic rings. The molecule has 0 radical (unpaired) electrons. The minimum Gasteiger partial charge on any atom is -0.497 e. The van der Waals surface area contributed by atoms with Gasteiger partial charge in [0.1, 0.15) is 12.5 Å². The van der Waals surface area contributed by atoms with Crippen LogP contribution < -0.4 is 4.74 Å². The van der Waals surface area contributed by atoms with Crippen molar-refractivity contribution in [2.45, 2.75) is 120 Å². The fourth-order valence-corrected chi connectivity index (χ4v) is 8.16. The van der Waals surface area contributed by atoms with Crippen molar-refractivity contribution in [1.29, 1.82) is 0 Å². The van der Waals surface area contributed by atoms with Crippen LogP contribution in [-0.4, -0.2) is 93.7 Å². The van der Waals surface area contributed by atoms with E-state index in [0.29, 0.717) is 31.7 Å². The van der Waals surface area contributed by atoms with Gasteiger partial charge in [-0.15, -0.1) is 0 Å². The second kappa shape index (κ2) is 16.7. The molecule has 0 amide bonds. The first-order chi connectivity index (χ1) is 23.5. The van der Waals surface area contributed by atoms with Gasteiger partial charge in [0.25, 0.3) is 5.16 Å². The van der Waals surface area contributed by atoms with Crippen molar-refractivity contribution in [2.24, 2.45) is 0 Å². The Kier molecular flexibility index (Phi) is 13.4. The van der Waals surface area contributed by atoms with E-state index in [0.717, 1.165) is 24.2 Å². The summed E-state index contributed by atoms with van der Waals surface area (Å²) in [7, 11) is -2.66. The van der Waals surface area contributed by atoms with Gasteiger partial charge in [-0.1, -0.05) is 56.2 Å². The zero-order valence-corrected chi connectivity index (χ0v) is 33.0. The van der Waals surface area contributed by atoms with Crippen molar-refractivity contribution < 1.29 is 36.5 Å². The molecular formula is C36H56N4O8SSi. The molecule has 1 aliphatic heterocycles. The topological polar surface area (TPSA) is 133 Å². The number of ether oxygens (including phenoxy) is 5. The Morgan fingerprint density at radius 3 is 2.38 bits per heavy atom. The van der Waals surface area contributed by atoms with Gasteiger partial charge >= 0.3 is 0 Å². The van der Waals surface area contributed by atoms with E-state index in [-0.39, 0.29) is 41.4 Å². The number of sulfone groups is 1. The molecule has 278 valence electrons. The van der Waals surface area contributed by atoms with Gasteiger partial charge in [0.2, 0.25) is 9.84 Å². The maximum absolute atomic E-state index is 13.6. The van der Waals surface area contributed by atoms with Crippen molar-refractivity contribution in [3.63, 3.8) is 0 Å². The van der Waals surface area contributed by atoms with Gasteiger partial charge < -0.3 is 28.1 Å². The number of methoxy groups -OCH3 is 2. The fraction of sp³-hybridized carbons (Fsp3) is 0.639. The Morgan fingerprint density at radius 1 is 1.04 bits per heavy atom. The van der Waals surface area contributed by atoms with Gasteiger partial charge in [0.05, 0.1) is 55.2 Å². The van der Waals surface area contributed by atoms with Crippen molar-refractivity contribution >= 4 is 18.2 Å². The van der Waals surface area contributed by atoms with E-state index in [1.165, 1.54) is 4.68 Å². The molecule has 0 aliphatic carbocycles. The van der Waals surface area contributed by atoms with Gasteiger partial charge in [0.15, 0.2) is 8.32 Å². The molecule has 1 saturated heterocycles. The lowest BCUT2D eigenvalue weighted by molar-refractivity contribution is -0.145. The lowest BCUT2D eigenvalue weighted by atomic mass is 9.92. The third-order valence-corrected chi connectivity index (χ3v) is 16.1. The number of rotatable bonds is 19. The van der Waals surface area contributed by atoms with Crippen LogP contribution >= 0.6 is 0 Å². The molecule has 50 heavy (non-hydrogen) atoms. The van der Waals surface area contributed by atoms with Crippen LogP contribution in [0.4, 0.5) is 0 Å². The largest absolute Gasteiger partial charge is 0.497 e. The van der Waals surface area contributed by atoms with Crippen LogP contribution in [-0.2, 0) is 39.8 Å². The van der Waals surface area contributed by atoms with E-state index < -0.39 is 29.4 Å². The summed E-state index contributed by atoms with van der Waals surface area (Å²) in [5.74, 6) is 0.557. The van der Waals surface area contributed by atoms with Crippen LogP contribution in [0.15, 0.2) is 59.8 Å². The number of para-hydroxylation sites is 1. The molecule has 4 atom stereocenters. The highest BCUT2D eigenvalue weighted by Gasteiger charge is 2.44. The number of hydrogen-bond donors (Lipinski definition) is 0. The first kappa shape index (κ1) is 40.1. The van der Waals surface area contributed by atoms with Crippen LogP contribution in [0.25, 0.3) is 5.69 Å². The van der Waals surface area contributed by atoms with Crippen molar-refractivity contribution in [3.8, 4) is 11.4 Å². The predicted molar refractivity (Wildman–Crippen MR) is 194 cm³/mol. The Hall–Kier alpha value is -2.72. The third kappa shape index (κ3) is 10.7. The second-order valence-electron chi connectivity index (χ2n) is 15.2. The van der Waals surface area contributed by atoms with E-state index in [1.54, 1.807) is 38.5 Å². The molecule has 0 unspecified atom stereocenters. The van der Waals surface area contributed by atoms with Crippen LogP contribution in [0.2, 0.25) is 18.1 Å². The van der Waals surface area contributed by atoms with E-state index in [4.69, 9.17) is 28.1 Å². The summed E-state index contributed by atoms with van der Waals surface area (Å²) in [5, 5.41) is 11.3. The minimum atomic E-state index is -3.88. The summed E-state index contributed by atoms with van der Waals surface area (Å²) in [4.78, 5) is 0. The molecule has 14 heteroatoms. The van der Waals surface area contributed by atoms with Crippen molar-refractivity contribution in [1.82, 2.24) is 20.2 Å². The molecule has 0 bridgehead atoms. The molecule has 12 nitrogen and oxygen atoms in total. The Balaban J connectivity index is 1.49. The summed E-state index contributed by atoms with van der Waals surface area (Å²) >= 11 is 0. The van der Waals surface area contributed by atoms with Gasteiger partial charge in [-0.3, -0.25) is 0 Å². The highest BCUT2D eigenvalue weighted by Crippen LogP contribution is 2.40. The average Bonchev–Trinajstić information content (AvgIpc) is 3.74. The number of aromatic nitrogens is 4. The molecule has 0 N–H and O–H groups in total. The Morgan fingerprint density at radius 2 is 1.74 bits per heavy atom. The zero-order chi connectivity index (χ0) is 36.6. The molecule has 0 spiro atoms. The summed E-state index contributed by atoms with van der Waals surface area (Å²) in [6, 6.07) is 16.8. The van der Waals surface area contributed by atoms with Gasteiger partial charge in [0, 0.05) is 7.11 Å². The molecule has 0 saturated carbocycles. The van der Waals surface area contributed by atoms with Gasteiger partial charge in [-0.25, -0.2) is 8.42 Å². The summed E-state index contributed by atoms with van der Waals surface area (Å²) < 4.78 is 65.2. The van der Waals surface area contributed by atoms with Crippen LogP contribution in [0.1, 0.15) is 72.3 Å².